The van der Waals surface area contributed by atoms with E-state index in [2.05, 4.69) is 0 Å². The number of carbonyl (C=O) groups excluding carboxylic acids is 1. The summed E-state index contributed by atoms with van der Waals surface area (Å²) < 4.78 is 5.43. The molecule has 1 aliphatic rings. The summed E-state index contributed by atoms with van der Waals surface area (Å²) >= 11 is 0. The molecule has 0 aromatic heterocycles. The van der Waals surface area contributed by atoms with Crippen molar-refractivity contribution in [2.24, 2.45) is 11.7 Å². The zero-order valence-electron chi connectivity index (χ0n) is 17.7. The number of carboxylic acids is 2. The monoisotopic (exact) mass is 445 g/mol. The van der Waals surface area contributed by atoms with Gasteiger partial charge in [0.25, 0.3) is 0 Å². The van der Waals surface area contributed by atoms with Gasteiger partial charge in [-0.2, -0.15) is 0 Å². The number of hydrogen-bond donors (Lipinski definition) is 3. The molecule has 4 N–H and O–H groups in total. The minimum Gasteiger partial charge on any atom is -0.481 e. The van der Waals surface area contributed by atoms with Crippen LogP contribution in [0.15, 0.2) is 78.9 Å². The molecule has 0 aliphatic heterocycles. The van der Waals surface area contributed by atoms with Crippen molar-refractivity contribution < 1.29 is 29.3 Å². The highest BCUT2D eigenvalue weighted by Gasteiger charge is 2.54. The molecular formula is C26H23NO6. The molecule has 0 spiro atoms. The van der Waals surface area contributed by atoms with Crippen LogP contribution in [0, 0.1) is 5.92 Å². The largest absolute Gasteiger partial charge is 0.481 e. The molecule has 4 rings (SSSR count). The topological polar surface area (TPSA) is 127 Å². The fourth-order valence-corrected chi connectivity index (χ4v) is 4.39. The lowest BCUT2D eigenvalue weighted by atomic mass is 9.80. The first-order valence-corrected chi connectivity index (χ1v) is 10.5. The van der Waals surface area contributed by atoms with Crippen LogP contribution < -0.4 is 5.73 Å². The molecule has 7 heteroatoms. The number of carboxylic acid groups (broad SMARTS) is 2. The molecule has 33 heavy (non-hydrogen) atoms. The predicted octanol–water partition coefficient (Wildman–Crippen LogP) is 3.07. The number of carbonyl (C=O) groups is 3. The Morgan fingerprint density at radius 1 is 0.848 bits per heavy atom. The minimum absolute atomic E-state index is 0.156. The molecule has 0 bridgehead atoms. The van der Waals surface area contributed by atoms with Gasteiger partial charge in [-0.15, -0.1) is 0 Å². The Bertz CT molecular complexity index is 1160. The number of ether oxygens (including phenoxy) is 1. The molecule has 0 heterocycles. The van der Waals surface area contributed by atoms with Crippen molar-refractivity contribution in [3.8, 4) is 11.1 Å². The van der Waals surface area contributed by atoms with Gasteiger partial charge in [0.05, 0.1) is 0 Å². The van der Waals surface area contributed by atoms with Crippen LogP contribution in [0.4, 0.5) is 0 Å². The molecular weight excluding hydrogens is 422 g/mol. The number of nitrogens with two attached hydrogens (primary N) is 1. The molecule has 0 saturated heterocycles. The Morgan fingerprint density at radius 2 is 1.36 bits per heavy atom. The van der Waals surface area contributed by atoms with Crippen LogP contribution in [0.5, 0.6) is 0 Å². The molecule has 0 amide bonds. The van der Waals surface area contributed by atoms with E-state index in [4.69, 9.17) is 10.5 Å². The van der Waals surface area contributed by atoms with Crippen molar-refractivity contribution in [1.82, 2.24) is 0 Å². The second-order valence-electron chi connectivity index (χ2n) is 8.08. The van der Waals surface area contributed by atoms with Crippen molar-refractivity contribution >= 4 is 17.9 Å². The summed E-state index contributed by atoms with van der Waals surface area (Å²) in [6.07, 6.45) is -0.233. The van der Waals surface area contributed by atoms with E-state index in [9.17, 15) is 24.6 Å². The number of hydrogen-bond acceptors (Lipinski definition) is 5. The summed E-state index contributed by atoms with van der Waals surface area (Å²) in [6, 6.07) is 23.8. The molecule has 3 aromatic rings. The van der Waals surface area contributed by atoms with Gasteiger partial charge in [0.15, 0.2) is 0 Å². The van der Waals surface area contributed by atoms with Crippen LogP contribution in [0.3, 0.4) is 0 Å². The third-order valence-corrected chi connectivity index (χ3v) is 6.17. The maximum atomic E-state index is 13.0. The van der Waals surface area contributed by atoms with Gasteiger partial charge >= 0.3 is 17.9 Å². The van der Waals surface area contributed by atoms with Gasteiger partial charge in [-0.1, -0.05) is 78.9 Å². The van der Waals surface area contributed by atoms with E-state index in [1.54, 1.807) is 30.3 Å². The number of aliphatic carboxylic acids is 2. The van der Waals surface area contributed by atoms with Crippen molar-refractivity contribution in [2.45, 2.75) is 17.9 Å². The fraction of sp³-hybridized carbons (Fsp3) is 0.192. The summed E-state index contributed by atoms with van der Waals surface area (Å²) in [4.78, 5) is 37.1. The number of fused-ring (bicyclic) bond motifs is 3. The molecule has 2 atom stereocenters. The molecule has 1 aliphatic carbocycles. The Labute approximate surface area is 190 Å². The number of rotatable bonds is 8. The predicted molar refractivity (Wildman–Crippen MR) is 121 cm³/mol. The smallest absolute Gasteiger partial charge is 0.338 e. The standard InChI is InChI=1S/C26H23NO6/c27-26(24(30)31,22(23(28)29)14-16-8-2-1-3-9-16)25(32)33-15-21-19-12-6-4-10-17(19)18-11-5-7-13-20(18)21/h1-13,21-22H,14-15,27H2,(H,28,29)(H,30,31)/t22?,26-/m0/s1. The van der Waals surface area contributed by atoms with E-state index >= 15 is 0 Å². The van der Waals surface area contributed by atoms with E-state index in [0.717, 1.165) is 22.3 Å². The SMILES string of the molecule is N[C@@](C(=O)O)(C(=O)OCC1c2ccccc2-c2ccccc21)C(Cc1ccccc1)C(=O)O. The molecule has 168 valence electrons. The van der Waals surface area contributed by atoms with Crippen LogP contribution in [0.2, 0.25) is 0 Å². The van der Waals surface area contributed by atoms with Crippen molar-refractivity contribution in [2.75, 3.05) is 6.61 Å². The lowest BCUT2D eigenvalue weighted by Gasteiger charge is -2.29. The molecule has 0 fully saturated rings. The van der Waals surface area contributed by atoms with Gasteiger partial charge in [0.1, 0.15) is 12.5 Å². The Morgan fingerprint density at radius 3 is 1.88 bits per heavy atom. The third-order valence-electron chi connectivity index (χ3n) is 6.17. The van der Waals surface area contributed by atoms with Crippen LogP contribution in [-0.4, -0.2) is 40.3 Å². The van der Waals surface area contributed by atoms with Gasteiger partial charge in [0.2, 0.25) is 5.54 Å². The lowest BCUT2D eigenvalue weighted by molar-refractivity contribution is -0.170. The maximum Gasteiger partial charge on any atom is 0.338 e. The minimum atomic E-state index is -2.75. The maximum absolute atomic E-state index is 13.0. The summed E-state index contributed by atoms with van der Waals surface area (Å²) in [5.41, 5.74) is 7.72. The average Bonchev–Trinajstić information content (AvgIpc) is 3.14. The van der Waals surface area contributed by atoms with Gasteiger partial charge in [-0.25, -0.2) is 9.59 Å². The first-order chi connectivity index (χ1) is 15.8. The van der Waals surface area contributed by atoms with Gasteiger partial charge in [0, 0.05) is 5.92 Å². The third kappa shape index (κ3) is 3.99. The average molecular weight is 445 g/mol. The van der Waals surface area contributed by atoms with Crippen molar-refractivity contribution in [3.05, 3.63) is 95.6 Å². The normalized spacial score (nSPS) is 15.1. The molecule has 7 nitrogen and oxygen atoms in total. The Balaban J connectivity index is 1.60. The summed E-state index contributed by atoms with van der Waals surface area (Å²) in [6.45, 7) is -0.156. The number of benzene rings is 3. The van der Waals surface area contributed by atoms with E-state index in [1.165, 1.54) is 0 Å². The quantitative estimate of drug-likeness (QED) is 0.359. The lowest BCUT2D eigenvalue weighted by Crippen LogP contribution is -2.63. The van der Waals surface area contributed by atoms with Crippen LogP contribution >= 0.6 is 0 Å². The van der Waals surface area contributed by atoms with E-state index in [0.29, 0.717) is 5.56 Å². The molecule has 0 radical (unpaired) electrons. The zero-order valence-corrected chi connectivity index (χ0v) is 17.7. The highest BCUT2D eigenvalue weighted by molar-refractivity contribution is 6.07. The Hall–Kier alpha value is -3.97. The summed E-state index contributed by atoms with van der Waals surface area (Å²) in [5.74, 6) is -6.54. The van der Waals surface area contributed by atoms with Crippen LogP contribution in [0.25, 0.3) is 11.1 Å². The highest BCUT2D eigenvalue weighted by atomic mass is 16.5. The Kier molecular flexibility index (Phi) is 5.98. The summed E-state index contributed by atoms with van der Waals surface area (Å²) in [7, 11) is 0. The molecule has 0 saturated carbocycles. The first-order valence-electron chi connectivity index (χ1n) is 10.5. The first kappa shape index (κ1) is 22.2. The van der Waals surface area contributed by atoms with Gasteiger partial charge in [-0.3, -0.25) is 4.79 Å². The highest BCUT2D eigenvalue weighted by Crippen LogP contribution is 2.44. The van der Waals surface area contributed by atoms with Crippen LogP contribution in [-0.2, 0) is 25.5 Å². The van der Waals surface area contributed by atoms with E-state index < -0.39 is 29.4 Å². The molecule has 1 unspecified atom stereocenters. The second-order valence-corrected chi connectivity index (χ2v) is 8.08. The van der Waals surface area contributed by atoms with Crippen molar-refractivity contribution in [1.29, 1.82) is 0 Å². The zero-order chi connectivity index (χ0) is 23.6. The summed E-state index contributed by atoms with van der Waals surface area (Å²) in [5, 5.41) is 19.6. The van der Waals surface area contributed by atoms with Gasteiger partial charge < -0.3 is 20.7 Å². The number of esters is 1. The second kappa shape index (κ2) is 8.88. The van der Waals surface area contributed by atoms with Crippen LogP contribution in [0.1, 0.15) is 22.6 Å². The van der Waals surface area contributed by atoms with Crippen molar-refractivity contribution in [3.63, 3.8) is 0 Å². The molecule has 3 aromatic carbocycles. The fourth-order valence-electron chi connectivity index (χ4n) is 4.39. The van der Waals surface area contributed by atoms with Gasteiger partial charge in [-0.05, 0) is 34.2 Å². The van der Waals surface area contributed by atoms with E-state index in [-0.39, 0.29) is 18.9 Å². The van der Waals surface area contributed by atoms with E-state index in [1.807, 2.05) is 48.5 Å².